The zero-order chi connectivity index (χ0) is 25.6. The minimum atomic E-state index is -0.558. The van der Waals surface area contributed by atoms with Crippen LogP contribution >= 0.6 is 0 Å². The third-order valence-electron chi connectivity index (χ3n) is 4.61. The molecule has 0 atom stereocenters. The van der Waals surface area contributed by atoms with Crippen LogP contribution in [0.1, 0.15) is 12.8 Å². The van der Waals surface area contributed by atoms with E-state index >= 15 is 0 Å². The van der Waals surface area contributed by atoms with E-state index in [0.717, 1.165) is 37.1 Å². The summed E-state index contributed by atoms with van der Waals surface area (Å²) in [5.74, 6) is -2.11. The van der Waals surface area contributed by atoms with Gasteiger partial charge in [0.1, 0.15) is 0 Å². The smallest absolute Gasteiger partial charge is 0.375 e. The zero-order valence-electron chi connectivity index (χ0n) is 19.7. The van der Waals surface area contributed by atoms with Gasteiger partial charge in [0.2, 0.25) is 0 Å². The summed E-state index contributed by atoms with van der Waals surface area (Å²) in [4.78, 5) is 0. The largest absolute Gasteiger partial charge is 4.00 e. The maximum absolute atomic E-state index is 13.1. The van der Waals surface area contributed by atoms with Crippen LogP contribution in [0.25, 0.3) is 11.4 Å². The van der Waals surface area contributed by atoms with Crippen LogP contribution in [0.3, 0.4) is 0 Å². The van der Waals surface area contributed by atoms with Crippen molar-refractivity contribution >= 4 is 0 Å². The van der Waals surface area contributed by atoms with E-state index in [1.165, 1.54) is 9.13 Å². The molecule has 2 nitrogen and oxygen atoms in total. The molecule has 0 fully saturated rings. The maximum atomic E-state index is 13.1. The van der Waals surface area contributed by atoms with Gasteiger partial charge in [-0.15, -0.1) is 49.2 Å². The molecule has 0 radical (unpaired) electrons. The molecule has 0 unspecified atom stereocenters. The first-order valence-corrected chi connectivity index (χ1v) is 11.0. The molecule has 4 aromatic rings. The van der Waals surface area contributed by atoms with Gasteiger partial charge in [0, 0.05) is 23.3 Å². The molecule has 0 saturated heterocycles. The molecule has 6 rings (SSSR count). The summed E-state index contributed by atoms with van der Waals surface area (Å²) in [6, 6.07) is 15.6. The molecule has 2 aromatic carbocycles. The number of hydrogen-bond donors (Lipinski definition) is 0. The van der Waals surface area contributed by atoms with Gasteiger partial charge >= 0.3 is 21.7 Å². The molecule has 0 N–H and O–H groups in total. The average molecular weight is 534 g/mol. The van der Waals surface area contributed by atoms with E-state index in [4.69, 9.17) is 0 Å². The van der Waals surface area contributed by atoms with Crippen molar-refractivity contribution in [2.75, 3.05) is 0 Å². The molecule has 0 saturated carbocycles. The Morgan fingerprint density at radius 2 is 0.973 bits per heavy atom. The molecule has 184 valence electrons. The van der Waals surface area contributed by atoms with Crippen LogP contribution in [0.5, 0.6) is 0 Å². The van der Waals surface area contributed by atoms with Crippen molar-refractivity contribution in [3.8, 4) is 11.4 Å². The van der Waals surface area contributed by atoms with Gasteiger partial charge in [0.05, 0.1) is 0 Å². The Labute approximate surface area is 229 Å². The molecule has 0 spiro atoms. The number of halogens is 4. The Morgan fingerprint density at radius 3 is 1.24 bits per heavy atom. The molecule has 0 bridgehead atoms. The summed E-state index contributed by atoms with van der Waals surface area (Å²) in [6.07, 6.45) is 26.6. The van der Waals surface area contributed by atoms with Gasteiger partial charge < -0.3 is 9.13 Å². The van der Waals surface area contributed by atoms with Crippen molar-refractivity contribution in [2.24, 2.45) is 0 Å². The molecule has 2 aliphatic rings. The second-order valence-corrected chi connectivity index (χ2v) is 7.22. The molecular formula is C30H22F4N2Ti. The third kappa shape index (κ3) is 10.1. The predicted octanol–water partition coefficient (Wildman–Crippen LogP) is 7.72. The van der Waals surface area contributed by atoms with Crippen molar-refractivity contribution in [3.05, 3.63) is 157 Å². The quantitative estimate of drug-likeness (QED) is 0.142. The van der Waals surface area contributed by atoms with Crippen molar-refractivity contribution in [3.63, 3.8) is 0 Å². The van der Waals surface area contributed by atoms with Crippen LogP contribution < -0.4 is 0 Å². The minimum Gasteiger partial charge on any atom is -0.375 e. The topological polar surface area (TPSA) is 9.86 Å². The average Bonchev–Trinajstić information content (AvgIpc) is 3.71. The monoisotopic (exact) mass is 534 g/mol. The Kier molecular flexibility index (Phi) is 13.0. The van der Waals surface area contributed by atoms with Crippen molar-refractivity contribution in [1.29, 1.82) is 0 Å². The Hall–Kier alpha value is -3.61. The minimum absolute atomic E-state index is 0. The van der Waals surface area contributed by atoms with Crippen molar-refractivity contribution < 1.29 is 39.3 Å². The Bertz CT molecular complexity index is 1200. The first-order valence-electron chi connectivity index (χ1n) is 11.0. The van der Waals surface area contributed by atoms with Gasteiger partial charge in [-0.3, -0.25) is 20.9 Å². The van der Waals surface area contributed by atoms with Crippen LogP contribution in [-0.2, 0) is 21.7 Å². The first kappa shape index (κ1) is 29.6. The summed E-state index contributed by atoms with van der Waals surface area (Å²) >= 11 is 0. The van der Waals surface area contributed by atoms with E-state index in [2.05, 4.69) is 36.4 Å². The summed E-state index contributed by atoms with van der Waals surface area (Å²) < 4.78 is 54.6. The van der Waals surface area contributed by atoms with E-state index in [1.54, 1.807) is 49.1 Å². The summed E-state index contributed by atoms with van der Waals surface area (Å²) in [6.45, 7) is 0. The third-order valence-corrected chi connectivity index (χ3v) is 4.61. The SMILES string of the molecule is Fc1c[c-]c(F)c(-n2cccc2)c1.Fc1c[c-]c(F)c(-n2cccc2)c1.[C-]1=CC=CC1.[C-]1=CC=CC1.[Ti+4]. The molecule has 2 aliphatic carbocycles. The molecule has 0 aliphatic heterocycles. The van der Waals surface area contributed by atoms with Gasteiger partial charge in [-0.1, -0.05) is 0 Å². The van der Waals surface area contributed by atoms with E-state index in [1.807, 2.05) is 24.3 Å². The van der Waals surface area contributed by atoms with Crippen LogP contribution in [0.2, 0.25) is 0 Å². The number of aromatic nitrogens is 2. The first-order chi connectivity index (χ1) is 17.5. The predicted molar refractivity (Wildman–Crippen MR) is 132 cm³/mol. The molecule has 37 heavy (non-hydrogen) atoms. The van der Waals surface area contributed by atoms with Crippen LogP contribution in [0.15, 0.2) is 110 Å². The van der Waals surface area contributed by atoms with Gasteiger partial charge in [0.15, 0.2) is 0 Å². The number of rotatable bonds is 2. The van der Waals surface area contributed by atoms with Gasteiger partial charge in [0.25, 0.3) is 0 Å². The number of nitrogens with zero attached hydrogens (tertiary/aromatic N) is 2. The van der Waals surface area contributed by atoms with Gasteiger partial charge in [-0.05, 0) is 60.4 Å². The Morgan fingerprint density at radius 1 is 0.595 bits per heavy atom. The molecule has 7 heteroatoms. The fraction of sp³-hybridized carbons (Fsp3) is 0.0667. The molecule has 0 amide bonds. The van der Waals surface area contributed by atoms with Crippen molar-refractivity contribution in [2.45, 2.75) is 12.8 Å². The van der Waals surface area contributed by atoms with Crippen LogP contribution in [-0.4, -0.2) is 9.13 Å². The fourth-order valence-electron chi connectivity index (χ4n) is 2.93. The summed E-state index contributed by atoms with van der Waals surface area (Å²) in [5.41, 5.74) is 0.343. The number of allylic oxidation sites excluding steroid dienone is 8. The number of benzene rings is 2. The van der Waals surface area contributed by atoms with E-state index < -0.39 is 23.3 Å². The number of hydrogen-bond acceptors (Lipinski definition) is 0. The molecular weight excluding hydrogens is 512 g/mol. The fourth-order valence-corrected chi connectivity index (χ4v) is 2.93. The standard InChI is InChI=1S/2C10H6F2N.2C5H5.Ti/c2*11-8-3-4-9(12)10(7-8)13-5-1-2-6-13;2*1-2-4-5-3-1;/h2*1-3,5-7H;2*1-3H,4H2;/q4*-1;+4. The van der Waals surface area contributed by atoms with E-state index in [0.29, 0.717) is 0 Å². The second kappa shape index (κ2) is 16.2. The van der Waals surface area contributed by atoms with E-state index in [9.17, 15) is 17.6 Å². The normalized spacial score (nSPS) is 12.0. The molecule has 2 heterocycles. The molecule has 2 aromatic heterocycles. The second-order valence-electron chi connectivity index (χ2n) is 7.22. The van der Waals surface area contributed by atoms with E-state index in [-0.39, 0.29) is 33.1 Å². The van der Waals surface area contributed by atoms with Crippen LogP contribution in [0.4, 0.5) is 17.6 Å². The van der Waals surface area contributed by atoms with Gasteiger partial charge in [-0.2, -0.15) is 12.2 Å². The van der Waals surface area contributed by atoms with Crippen molar-refractivity contribution in [1.82, 2.24) is 9.13 Å². The van der Waals surface area contributed by atoms with Gasteiger partial charge in [-0.25, -0.2) is 33.1 Å². The summed E-state index contributed by atoms with van der Waals surface area (Å²) in [7, 11) is 0. The maximum Gasteiger partial charge on any atom is 4.00 e. The zero-order valence-corrected chi connectivity index (χ0v) is 21.3. The van der Waals surface area contributed by atoms with Crippen LogP contribution in [0, 0.1) is 47.6 Å². The summed E-state index contributed by atoms with van der Waals surface area (Å²) in [5, 5.41) is 0. The Balaban J connectivity index is 0.000000187.